The van der Waals surface area contributed by atoms with Crippen molar-refractivity contribution in [3.63, 3.8) is 0 Å². The average molecular weight is 348 g/mol. The fraction of sp³-hybridized carbons (Fsp3) is 0.538. The molecule has 122 valence electrons. The first kappa shape index (κ1) is 17.1. The highest BCUT2D eigenvalue weighted by atomic mass is 35.5. The van der Waals surface area contributed by atoms with E-state index in [-0.39, 0.29) is 21.6 Å². The minimum Gasteiger partial charge on any atom is -0.328 e. The molecule has 1 atom stereocenters. The summed E-state index contributed by atoms with van der Waals surface area (Å²) in [6, 6.07) is 3.43. The molecule has 1 aliphatic heterocycles. The Labute approximate surface area is 134 Å². The third-order valence-electron chi connectivity index (χ3n) is 3.99. The lowest BCUT2D eigenvalue weighted by Gasteiger charge is -2.33. The number of sulfonamides is 1. The molecule has 0 radical (unpaired) electrons. The summed E-state index contributed by atoms with van der Waals surface area (Å²) in [5.41, 5.74) is 5.61. The van der Waals surface area contributed by atoms with E-state index in [9.17, 15) is 18.5 Å². The average Bonchev–Trinajstić information content (AvgIpc) is 2.46. The van der Waals surface area contributed by atoms with Crippen LogP contribution in [-0.2, 0) is 10.0 Å². The molecule has 0 bridgehead atoms. The van der Waals surface area contributed by atoms with Gasteiger partial charge in [0.25, 0.3) is 5.69 Å². The molecule has 1 aliphatic rings. The largest absolute Gasteiger partial charge is 0.328 e. The van der Waals surface area contributed by atoms with Crippen molar-refractivity contribution in [3.05, 3.63) is 33.3 Å². The highest BCUT2D eigenvalue weighted by Crippen LogP contribution is 2.31. The Hall–Kier alpha value is -1.22. The highest BCUT2D eigenvalue weighted by molar-refractivity contribution is 7.89. The predicted octanol–water partition coefficient (Wildman–Crippen LogP) is 2.00. The van der Waals surface area contributed by atoms with Crippen LogP contribution < -0.4 is 5.73 Å². The summed E-state index contributed by atoms with van der Waals surface area (Å²) in [6.45, 7) is 2.67. The van der Waals surface area contributed by atoms with Crippen LogP contribution in [-0.4, -0.2) is 36.8 Å². The topological polar surface area (TPSA) is 107 Å². The van der Waals surface area contributed by atoms with Crippen LogP contribution in [0.2, 0.25) is 5.02 Å². The second-order valence-corrected chi connectivity index (χ2v) is 7.79. The molecule has 0 spiro atoms. The Morgan fingerprint density at radius 1 is 1.41 bits per heavy atom. The number of benzene rings is 1. The van der Waals surface area contributed by atoms with Gasteiger partial charge in [0.2, 0.25) is 10.0 Å². The molecular weight excluding hydrogens is 330 g/mol. The van der Waals surface area contributed by atoms with Crippen LogP contribution in [0.3, 0.4) is 0 Å². The summed E-state index contributed by atoms with van der Waals surface area (Å²) in [6.07, 6.45) is 1.39. The van der Waals surface area contributed by atoms with E-state index < -0.39 is 14.9 Å². The third-order valence-corrected chi connectivity index (χ3v) is 6.37. The molecule has 7 nitrogen and oxygen atoms in total. The molecule has 0 amide bonds. The van der Waals surface area contributed by atoms with Crippen LogP contribution in [0.5, 0.6) is 0 Å². The number of nitrogens with two attached hydrogens (primary N) is 1. The molecule has 1 unspecified atom stereocenters. The lowest BCUT2D eigenvalue weighted by atomic mass is 9.92. The molecule has 22 heavy (non-hydrogen) atoms. The van der Waals surface area contributed by atoms with Crippen LogP contribution in [0.4, 0.5) is 5.69 Å². The third kappa shape index (κ3) is 3.40. The minimum absolute atomic E-state index is 0.0350. The van der Waals surface area contributed by atoms with E-state index in [1.165, 1.54) is 10.4 Å². The zero-order valence-electron chi connectivity index (χ0n) is 12.1. The first-order valence-corrected chi connectivity index (χ1v) is 8.75. The maximum Gasteiger partial charge on any atom is 0.271 e. The number of piperidine rings is 1. The SMILES string of the molecule is CC(N)C1CCN(S(=O)(=O)c2ccc([N+](=O)[O-])cc2Cl)CC1. The van der Waals surface area contributed by atoms with Gasteiger partial charge in [-0.3, -0.25) is 10.1 Å². The molecule has 1 fully saturated rings. The van der Waals surface area contributed by atoms with Crippen molar-refractivity contribution in [2.45, 2.75) is 30.7 Å². The second-order valence-electron chi connectivity index (χ2n) is 5.47. The molecule has 1 aromatic rings. The van der Waals surface area contributed by atoms with Gasteiger partial charge in [-0.2, -0.15) is 4.31 Å². The van der Waals surface area contributed by atoms with Crippen molar-refractivity contribution in [3.8, 4) is 0 Å². The van der Waals surface area contributed by atoms with E-state index in [1.807, 2.05) is 6.92 Å². The molecule has 0 aliphatic carbocycles. The van der Waals surface area contributed by atoms with Crippen molar-refractivity contribution in [2.75, 3.05) is 13.1 Å². The standard InChI is InChI=1S/C13H18ClN3O4S/c1-9(15)10-4-6-16(7-5-10)22(20,21)13-3-2-11(17(18)19)8-12(13)14/h2-3,8-10H,4-7,15H2,1H3. The van der Waals surface area contributed by atoms with Crippen molar-refractivity contribution >= 4 is 27.3 Å². The Kier molecular flexibility index (Phi) is 5.06. The van der Waals surface area contributed by atoms with Crippen LogP contribution >= 0.6 is 11.6 Å². The fourth-order valence-electron chi connectivity index (χ4n) is 2.59. The van der Waals surface area contributed by atoms with Gasteiger partial charge in [0.05, 0.1) is 9.95 Å². The molecule has 1 saturated heterocycles. The number of non-ortho nitro benzene ring substituents is 1. The van der Waals surface area contributed by atoms with Gasteiger partial charge in [-0.25, -0.2) is 8.42 Å². The van der Waals surface area contributed by atoms with Gasteiger partial charge in [-0.05, 0) is 31.7 Å². The molecule has 9 heteroatoms. The molecule has 2 N–H and O–H groups in total. The van der Waals surface area contributed by atoms with Gasteiger partial charge >= 0.3 is 0 Å². The van der Waals surface area contributed by atoms with E-state index >= 15 is 0 Å². The monoisotopic (exact) mass is 347 g/mol. The summed E-state index contributed by atoms with van der Waals surface area (Å²) in [5, 5.41) is 10.6. The maximum absolute atomic E-state index is 12.6. The maximum atomic E-state index is 12.6. The number of hydrogen-bond acceptors (Lipinski definition) is 5. The zero-order valence-corrected chi connectivity index (χ0v) is 13.7. The van der Waals surface area contributed by atoms with Crippen LogP contribution in [0.1, 0.15) is 19.8 Å². The number of nitro benzene ring substituents is 1. The van der Waals surface area contributed by atoms with E-state index in [4.69, 9.17) is 17.3 Å². The Morgan fingerprint density at radius 2 is 2.00 bits per heavy atom. The van der Waals surface area contributed by atoms with Gasteiger partial charge in [0.1, 0.15) is 4.90 Å². The zero-order chi connectivity index (χ0) is 16.5. The number of halogens is 1. The fourth-order valence-corrected chi connectivity index (χ4v) is 4.58. The first-order chi connectivity index (χ1) is 10.2. The van der Waals surface area contributed by atoms with Crippen molar-refractivity contribution < 1.29 is 13.3 Å². The van der Waals surface area contributed by atoms with Crippen molar-refractivity contribution in [1.29, 1.82) is 0 Å². The van der Waals surface area contributed by atoms with Gasteiger partial charge < -0.3 is 5.73 Å². The summed E-state index contributed by atoms with van der Waals surface area (Å²) < 4.78 is 26.6. The summed E-state index contributed by atoms with van der Waals surface area (Å²) in [4.78, 5) is 9.98. The summed E-state index contributed by atoms with van der Waals surface area (Å²) >= 11 is 5.93. The quantitative estimate of drug-likeness (QED) is 0.662. The van der Waals surface area contributed by atoms with E-state index in [1.54, 1.807) is 0 Å². The second kappa shape index (κ2) is 6.49. The van der Waals surface area contributed by atoms with Gasteiger partial charge in [0.15, 0.2) is 0 Å². The Balaban J connectivity index is 2.23. The first-order valence-electron chi connectivity index (χ1n) is 6.93. The summed E-state index contributed by atoms with van der Waals surface area (Å²) in [7, 11) is -3.75. The molecule has 0 aromatic heterocycles. The van der Waals surface area contributed by atoms with Crippen molar-refractivity contribution in [1.82, 2.24) is 4.31 Å². The van der Waals surface area contributed by atoms with Crippen molar-refractivity contribution in [2.24, 2.45) is 11.7 Å². The molecule has 2 rings (SSSR count). The summed E-state index contributed by atoms with van der Waals surface area (Å²) in [5.74, 6) is 0.304. The molecule has 1 heterocycles. The van der Waals surface area contributed by atoms with Gasteiger partial charge in [-0.15, -0.1) is 0 Å². The number of nitrogens with zero attached hydrogens (tertiary/aromatic N) is 2. The highest BCUT2D eigenvalue weighted by Gasteiger charge is 2.32. The van der Waals surface area contributed by atoms with Crippen LogP contribution in [0, 0.1) is 16.0 Å². The Morgan fingerprint density at radius 3 is 2.45 bits per heavy atom. The van der Waals surface area contributed by atoms with Crippen LogP contribution in [0.25, 0.3) is 0 Å². The molecular formula is C13H18ClN3O4S. The normalized spacial score (nSPS) is 19.0. The predicted molar refractivity (Wildman–Crippen MR) is 83.2 cm³/mol. The lowest BCUT2D eigenvalue weighted by molar-refractivity contribution is -0.384. The van der Waals surface area contributed by atoms with E-state index in [0.717, 1.165) is 12.1 Å². The minimum atomic E-state index is -3.75. The number of rotatable bonds is 4. The molecule has 0 saturated carbocycles. The Bertz CT molecular complexity index is 670. The van der Waals surface area contributed by atoms with E-state index in [0.29, 0.717) is 31.8 Å². The molecule has 1 aromatic carbocycles. The number of nitro groups is 1. The smallest absolute Gasteiger partial charge is 0.271 e. The van der Waals surface area contributed by atoms with Crippen LogP contribution in [0.15, 0.2) is 23.1 Å². The van der Waals surface area contributed by atoms with E-state index in [2.05, 4.69) is 0 Å². The number of hydrogen-bond donors (Lipinski definition) is 1. The van der Waals surface area contributed by atoms with Gasteiger partial charge in [0, 0.05) is 31.3 Å². The van der Waals surface area contributed by atoms with Gasteiger partial charge in [-0.1, -0.05) is 11.6 Å². The lowest BCUT2D eigenvalue weighted by Crippen LogP contribution is -2.42.